The highest BCUT2D eigenvalue weighted by molar-refractivity contribution is 4.82. The van der Waals surface area contributed by atoms with Gasteiger partial charge in [0.1, 0.15) is 0 Å². The van der Waals surface area contributed by atoms with Crippen LogP contribution in [0.5, 0.6) is 0 Å². The fourth-order valence-corrected chi connectivity index (χ4v) is 3.36. The Balaban J connectivity index is 0.000000273. The highest BCUT2D eigenvalue weighted by atomic mass is 16.5. The van der Waals surface area contributed by atoms with Crippen LogP contribution in [0.25, 0.3) is 0 Å². The van der Waals surface area contributed by atoms with Crippen LogP contribution in [-0.2, 0) is 28.4 Å². The Morgan fingerprint density at radius 2 is 0.833 bits per heavy atom. The highest BCUT2D eigenvalue weighted by Gasteiger charge is 2.35. The summed E-state index contributed by atoms with van der Waals surface area (Å²) in [4.78, 5) is 0. The van der Waals surface area contributed by atoms with E-state index in [4.69, 9.17) is 43.7 Å². The van der Waals surface area contributed by atoms with Crippen molar-refractivity contribution in [2.75, 3.05) is 119 Å². The summed E-state index contributed by atoms with van der Waals surface area (Å²) in [5, 5.41) is 57.1. The second kappa shape index (κ2) is 17.9. The second-order valence-electron chi connectivity index (χ2n) is 14.7. The van der Waals surface area contributed by atoms with Gasteiger partial charge in [-0.15, -0.1) is 19.8 Å². The third-order valence-corrected chi connectivity index (χ3v) is 7.60. The van der Waals surface area contributed by atoms with E-state index in [9.17, 15) is 15.3 Å². The predicted octanol–water partition coefficient (Wildman–Crippen LogP) is -1.80. The SMILES string of the molecule is CC(CO)(CO)COCC1(C)COC1.CC1(CO)COC1.CC1(C[O-])COC1.CC1(C[O-])COC1.CC1(C[O-])COC1. The minimum atomic E-state index is -0.527. The number of rotatable bonds is 10. The standard InChI is InChI=1S/C10H20O4.C5H10O2.3C5H9O2/c1-9(3-11,4-12)5-13-6-10(2)7-14-8-10;4*1-5(2-6)3-7-4-5/h11-12H,3-8H2,1-2H3;6H,2-4H2,1H3;3*2-4H2,1H3/q;;3*-1. The Bertz CT molecular complexity index is 607. The topological polar surface area (TPSA) is 185 Å². The number of hydrogen-bond donors (Lipinski definition) is 3. The maximum absolute atomic E-state index is 10.2. The van der Waals surface area contributed by atoms with Crippen LogP contribution >= 0.6 is 0 Å². The summed E-state index contributed by atoms with van der Waals surface area (Å²) >= 11 is 0. The van der Waals surface area contributed by atoms with E-state index in [-0.39, 0.29) is 66.7 Å². The molecular weight excluding hydrogens is 552 g/mol. The first-order valence-corrected chi connectivity index (χ1v) is 14.6. The maximum Gasteiger partial charge on any atom is 0.0564 e. The molecule has 0 aliphatic carbocycles. The molecule has 0 unspecified atom stereocenters. The Hall–Kier alpha value is -0.480. The molecule has 5 aliphatic rings. The van der Waals surface area contributed by atoms with Gasteiger partial charge in [-0.05, 0) is 16.2 Å². The van der Waals surface area contributed by atoms with Crippen molar-refractivity contribution in [3.8, 4) is 0 Å². The maximum atomic E-state index is 10.2. The molecule has 5 heterocycles. The van der Waals surface area contributed by atoms with E-state index in [0.717, 1.165) is 26.4 Å². The van der Waals surface area contributed by atoms with Gasteiger partial charge in [-0.3, -0.25) is 0 Å². The van der Waals surface area contributed by atoms with E-state index >= 15 is 0 Å². The minimum Gasteiger partial charge on any atom is -0.854 e. The number of aliphatic hydroxyl groups excluding tert-OH is 3. The number of aliphatic hydroxyl groups is 3. The monoisotopic (exact) mass is 609 g/mol. The molecule has 0 aromatic heterocycles. The van der Waals surface area contributed by atoms with Crippen LogP contribution < -0.4 is 15.3 Å². The quantitative estimate of drug-likeness (QED) is 0.253. The van der Waals surface area contributed by atoms with Crippen LogP contribution in [0.2, 0.25) is 0 Å². The Morgan fingerprint density at radius 1 is 0.548 bits per heavy atom. The molecule has 252 valence electrons. The number of ether oxygens (including phenoxy) is 6. The zero-order chi connectivity index (χ0) is 32.0. The smallest absolute Gasteiger partial charge is 0.0564 e. The van der Waals surface area contributed by atoms with Gasteiger partial charge >= 0.3 is 0 Å². The van der Waals surface area contributed by atoms with Crippen molar-refractivity contribution in [2.24, 2.45) is 32.5 Å². The summed E-state index contributed by atoms with van der Waals surface area (Å²) < 4.78 is 29.9. The van der Waals surface area contributed by atoms with E-state index in [1.54, 1.807) is 6.92 Å². The van der Waals surface area contributed by atoms with Crippen LogP contribution in [0, 0.1) is 32.5 Å². The van der Waals surface area contributed by atoms with Crippen LogP contribution in [0.1, 0.15) is 41.5 Å². The molecule has 5 rings (SSSR count). The number of hydrogen-bond acceptors (Lipinski definition) is 12. The second-order valence-corrected chi connectivity index (χ2v) is 14.7. The molecule has 42 heavy (non-hydrogen) atoms. The summed E-state index contributed by atoms with van der Waals surface area (Å²) in [5.41, 5.74) is -0.340. The average Bonchev–Trinajstić information content (AvgIpc) is 2.92. The largest absolute Gasteiger partial charge is 0.854 e. The van der Waals surface area contributed by atoms with Crippen LogP contribution in [-0.4, -0.2) is 134 Å². The molecule has 0 saturated carbocycles. The molecule has 3 N–H and O–H groups in total. The molecular formula is C30H57O12-3. The lowest BCUT2D eigenvalue weighted by Gasteiger charge is -2.40. The van der Waals surface area contributed by atoms with E-state index in [2.05, 4.69) is 6.92 Å². The van der Waals surface area contributed by atoms with Crippen LogP contribution in [0.15, 0.2) is 0 Å². The van der Waals surface area contributed by atoms with Gasteiger partial charge in [-0.2, -0.15) is 0 Å². The lowest BCUT2D eigenvalue weighted by atomic mass is 9.89. The zero-order valence-corrected chi connectivity index (χ0v) is 26.7. The fourth-order valence-electron chi connectivity index (χ4n) is 3.36. The first-order valence-electron chi connectivity index (χ1n) is 14.6. The molecule has 5 fully saturated rings. The molecule has 5 aliphatic heterocycles. The molecule has 0 bridgehead atoms. The Morgan fingerprint density at radius 3 is 0.952 bits per heavy atom. The summed E-state index contributed by atoms with van der Waals surface area (Å²) in [6.07, 6.45) is 0. The van der Waals surface area contributed by atoms with E-state index in [1.165, 1.54) is 0 Å². The van der Waals surface area contributed by atoms with Crippen molar-refractivity contribution in [1.29, 1.82) is 0 Å². The van der Waals surface area contributed by atoms with Crippen molar-refractivity contribution in [3.05, 3.63) is 0 Å². The van der Waals surface area contributed by atoms with Crippen molar-refractivity contribution in [1.82, 2.24) is 0 Å². The summed E-state index contributed by atoms with van der Waals surface area (Å²) in [7, 11) is 0. The summed E-state index contributed by atoms with van der Waals surface area (Å²) in [6.45, 7) is 19.8. The highest BCUT2D eigenvalue weighted by Crippen LogP contribution is 2.28. The van der Waals surface area contributed by atoms with E-state index < -0.39 is 5.41 Å². The van der Waals surface area contributed by atoms with Gasteiger partial charge in [-0.25, -0.2) is 0 Å². The minimum absolute atomic E-state index is 0.00694. The van der Waals surface area contributed by atoms with Gasteiger partial charge in [0.15, 0.2) is 0 Å². The van der Waals surface area contributed by atoms with Gasteiger partial charge in [0.05, 0.1) is 99.1 Å². The van der Waals surface area contributed by atoms with Crippen molar-refractivity contribution in [3.63, 3.8) is 0 Å². The van der Waals surface area contributed by atoms with Gasteiger partial charge in [0.25, 0.3) is 0 Å². The lowest BCUT2D eigenvalue weighted by molar-refractivity contribution is -0.409. The molecule has 5 saturated heterocycles. The Labute approximate surface area is 252 Å². The van der Waals surface area contributed by atoms with E-state index in [1.807, 2.05) is 27.7 Å². The Kier molecular flexibility index (Phi) is 16.8. The van der Waals surface area contributed by atoms with Crippen molar-refractivity contribution < 1.29 is 59.1 Å². The molecule has 0 radical (unpaired) electrons. The molecule has 12 heteroatoms. The van der Waals surface area contributed by atoms with Gasteiger partial charge < -0.3 is 59.1 Å². The molecule has 12 nitrogen and oxygen atoms in total. The first kappa shape index (κ1) is 39.5. The van der Waals surface area contributed by atoms with Gasteiger partial charge in [-0.1, -0.05) is 41.5 Å². The fraction of sp³-hybridized carbons (Fsp3) is 1.00. The molecule has 0 aromatic rings. The van der Waals surface area contributed by atoms with Crippen LogP contribution in [0.3, 0.4) is 0 Å². The molecule has 0 amide bonds. The molecule has 0 aromatic carbocycles. The van der Waals surface area contributed by atoms with Gasteiger partial charge in [0, 0.05) is 16.2 Å². The molecule has 0 spiro atoms. The first-order chi connectivity index (χ1) is 19.6. The summed E-state index contributed by atoms with van der Waals surface area (Å²) in [5.74, 6) is 0. The lowest BCUT2D eigenvalue weighted by Crippen LogP contribution is -2.46. The third kappa shape index (κ3) is 13.7. The third-order valence-electron chi connectivity index (χ3n) is 7.60. The van der Waals surface area contributed by atoms with Crippen molar-refractivity contribution in [2.45, 2.75) is 41.5 Å². The van der Waals surface area contributed by atoms with Crippen LogP contribution in [0.4, 0.5) is 0 Å². The zero-order valence-electron chi connectivity index (χ0n) is 26.7. The normalized spacial score (nSPS) is 24.6. The summed E-state index contributed by atoms with van der Waals surface area (Å²) in [6, 6.07) is 0. The predicted molar refractivity (Wildman–Crippen MR) is 149 cm³/mol. The average molecular weight is 610 g/mol. The van der Waals surface area contributed by atoms with Crippen molar-refractivity contribution >= 4 is 0 Å². The molecule has 0 atom stereocenters. The van der Waals surface area contributed by atoms with E-state index in [0.29, 0.717) is 52.9 Å². The van der Waals surface area contributed by atoms with Gasteiger partial charge in [0.2, 0.25) is 0 Å².